The number of hydrogen-bond acceptors (Lipinski definition) is 5. The molecule has 0 amide bonds. The first-order chi connectivity index (χ1) is 11.3. The zero-order valence-corrected chi connectivity index (χ0v) is 13.9. The molecule has 0 aromatic carbocycles. The lowest BCUT2D eigenvalue weighted by atomic mass is 10.2. The lowest BCUT2D eigenvalue weighted by Crippen LogP contribution is -2.39. The second kappa shape index (κ2) is 6.45. The van der Waals surface area contributed by atoms with Crippen LogP contribution in [0.1, 0.15) is 17.7 Å². The molecule has 4 rings (SSSR count). The van der Waals surface area contributed by atoms with Crippen LogP contribution in [0.2, 0.25) is 4.34 Å². The zero-order chi connectivity index (χ0) is 15.6. The van der Waals surface area contributed by atoms with Crippen molar-refractivity contribution in [2.45, 2.75) is 12.6 Å². The minimum Gasteiger partial charge on any atom is -0.378 e. The standard InChI is InChI=1S/C15H16ClN5OS/c16-13-2-1-12(23-13)10-7-19-15(20-10)11-9-22-6-5-21(11)8-14-17-3-4-18-14/h1-4,7,11H,5-6,8-9H2,(H,17,18)(H,19,20)/t11-/m0/s1. The van der Waals surface area contributed by atoms with Gasteiger partial charge < -0.3 is 14.7 Å². The Morgan fingerprint density at radius 3 is 3.13 bits per heavy atom. The van der Waals surface area contributed by atoms with Gasteiger partial charge in [0.15, 0.2) is 0 Å². The summed E-state index contributed by atoms with van der Waals surface area (Å²) in [5.74, 6) is 1.87. The van der Waals surface area contributed by atoms with E-state index in [2.05, 4.69) is 24.8 Å². The summed E-state index contributed by atoms with van der Waals surface area (Å²) in [4.78, 5) is 18.8. The number of rotatable bonds is 4. The Labute approximate surface area is 142 Å². The summed E-state index contributed by atoms with van der Waals surface area (Å²) < 4.78 is 6.43. The fourth-order valence-electron chi connectivity index (χ4n) is 2.75. The molecule has 8 heteroatoms. The summed E-state index contributed by atoms with van der Waals surface area (Å²) in [6.07, 6.45) is 5.48. The van der Waals surface area contributed by atoms with Crippen molar-refractivity contribution in [2.75, 3.05) is 19.8 Å². The predicted molar refractivity (Wildman–Crippen MR) is 89.5 cm³/mol. The first-order valence-electron chi connectivity index (χ1n) is 7.40. The van der Waals surface area contributed by atoms with Crippen molar-refractivity contribution in [1.82, 2.24) is 24.8 Å². The van der Waals surface area contributed by atoms with Gasteiger partial charge in [0.05, 0.1) is 46.9 Å². The number of morpholine rings is 1. The van der Waals surface area contributed by atoms with Gasteiger partial charge in [-0.2, -0.15) is 0 Å². The topological polar surface area (TPSA) is 69.8 Å². The third-order valence-electron chi connectivity index (χ3n) is 3.90. The third kappa shape index (κ3) is 3.18. The highest BCUT2D eigenvalue weighted by atomic mass is 35.5. The summed E-state index contributed by atoms with van der Waals surface area (Å²) in [5, 5.41) is 0. The molecule has 4 heterocycles. The fraction of sp³-hybridized carbons (Fsp3) is 0.333. The average molecular weight is 350 g/mol. The molecule has 3 aromatic heterocycles. The van der Waals surface area contributed by atoms with E-state index in [4.69, 9.17) is 16.3 Å². The molecule has 2 N–H and O–H groups in total. The van der Waals surface area contributed by atoms with Crippen LogP contribution >= 0.6 is 22.9 Å². The van der Waals surface area contributed by atoms with E-state index in [-0.39, 0.29) is 6.04 Å². The van der Waals surface area contributed by atoms with Crippen LogP contribution < -0.4 is 0 Å². The molecule has 0 saturated carbocycles. The molecule has 1 fully saturated rings. The number of aromatic amines is 2. The van der Waals surface area contributed by atoms with E-state index in [1.165, 1.54) is 11.3 Å². The van der Waals surface area contributed by atoms with Gasteiger partial charge in [-0.05, 0) is 12.1 Å². The molecule has 1 aliphatic heterocycles. The van der Waals surface area contributed by atoms with Crippen LogP contribution in [0.4, 0.5) is 0 Å². The number of nitrogens with zero attached hydrogens (tertiary/aromatic N) is 3. The Bertz CT molecular complexity index is 769. The number of ether oxygens (including phenoxy) is 1. The van der Waals surface area contributed by atoms with Crippen LogP contribution in [0, 0.1) is 0 Å². The molecule has 6 nitrogen and oxygen atoms in total. The normalized spacial score (nSPS) is 19.3. The quantitative estimate of drug-likeness (QED) is 0.759. The maximum Gasteiger partial charge on any atom is 0.126 e. The van der Waals surface area contributed by atoms with Gasteiger partial charge in [0.25, 0.3) is 0 Å². The van der Waals surface area contributed by atoms with Gasteiger partial charge >= 0.3 is 0 Å². The highest BCUT2D eigenvalue weighted by Crippen LogP contribution is 2.31. The fourth-order valence-corrected chi connectivity index (χ4v) is 3.75. The smallest absolute Gasteiger partial charge is 0.126 e. The molecule has 1 atom stereocenters. The van der Waals surface area contributed by atoms with E-state index in [0.717, 1.165) is 46.3 Å². The monoisotopic (exact) mass is 349 g/mol. The first-order valence-corrected chi connectivity index (χ1v) is 8.60. The van der Waals surface area contributed by atoms with Gasteiger partial charge in [0, 0.05) is 18.9 Å². The van der Waals surface area contributed by atoms with E-state index in [1.54, 1.807) is 6.20 Å². The summed E-state index contributed by atoms with van der Waals surface area (Å²) in [5.41, 5.74) is 0.987. The molecule has 0 spiro atoms. The molecule has 1 saturated heterocycles. The van der Waals surface area contributed by atoms with Crippen molar-refractivity contribution in [1.29, 1.82) is 0 Å². The molecule has 0 unspecified atom stereocenters. The van der Waals surface area contributed by atoms with Crippen LogP contribution in [0.3, 0.4) is 0 Å². The number of nitrogens with one attached hydrogen (secondary N) is 2. The van der Waals surface area contributed by atoms with E-state index in [9.17, 15) is 0 Å². The van der Waals surface area contributed by atoms with E-state index < -0.39 is 0 Å². The summed E-state index contributed by atoms with van der Waals surface area (Å²) in [7, 11) is 0. The van der Waals surface area contributed by atoms with Gasteiger partial charge in [0.2, 0.25) is 0 Å². The molecule has 23 heavy (non-hydrogen) atoms. The van der Waals surface area contributed by atoms with Crippen molar-refractivity contribution in [2.24, 2.45) is 0 Å². The van der Waals surface area contributed by atoms with Crippen molar-refractivity contribution in [3.8, 4) is 10.6 Å². The second-order valence-electron chi connectivity index (χ2n) is 5.38. The highest BCUT2D eigenvalue weighted by Gasteiger charge is 2.27. The number of imidazole rings is 2. The van der Waals surface area contributed by atoms with Crippen LogP contribution in [-0.2, 0) is 11.3 Å². The van der Waals surface area contributed by atoms with Gasteiger partial charge in [-0.3, -0.25) is 4.90 Å². The van der Waals surface area contributed by atoms with Crippen molar-refractivity contribution >= 4 is 22.9 Å². The molecule has 3 aromatic rings. The van der Waals surface area contributed by atoms with Gasteiger partial charge in [-0.1, -0.05) is 11.6 Å². The molecule has 0 radical (unpaired) electrons. The number of aromatic nitrogens is 4. The molecular formula is C15H16ClN5OS. The number of halogens is 1. The Balaban J connectivity index is 1.56. The van der Waals surface area contributed by atoms with Crippen molar-refractivity contribution in [3.05, 3.63) is 46.7 Å². The maximum absolute atomic E-state index is 6.01. The Hall–Kier alpha value is -1.67. The van der Waals surface area contributed by atoms with Crippen LogP contribution in [0.25, 0.3) is 10.6 Å². The third-order valence-corrected chi connectivity index (χ3v) is 5.16. The summed E-state index contributed by atoms with van der Waals surface area (Å²) >= 11 is 7.55. The second-order valence-corrected chi connectivity index (χ2v) is 7.10. The minimum atomic E-state index is 0.0954. The van der Waals surface area contributed by atoms with Crippen LogP contribution in [-0.4, -0.2) is 44.6 Å². The van der Waals surface area contributed by atoms with Gasteiger partial charge in [-0.25, -0.2) is 9.97 Å². The van der Waals surface area contributed by atoms with Gasteiger partial charge in [0.1, 0.15) is 11.6 Å². The average Bonchev–Trinajstić information content (AvgIpc) is 3.28. The number of hydrogen-bond donors (Lipinski definition) is 2. The zero-order valence-electron chi connectivity index (χ0n) is 12.3. The predicted octanol–water partition coefficient (Wildman–Crippen LogP) is 3.09. The largest absolute Gasteiger partial charge is 0.378 e. The lowest BCUT2D eigenvalue weighted by Gasteiger charge is -2.33. The summed E-state index contributed by atoms with van der Waals surface area (Å²) in [6.45, 7) is 2.96. The van der Waals surface area contributed by atoms with Crippen LogP contribution in [0.5, 0.6) is 0 Å². The SMILES string of the molecule is Clc1ccc(-c2cnc([C@@H]3COCCN3Cc3ncc[nH]3)[nH]2)s1. The molecule has 0 bridgehead atoms. The van der Waals surface area contributed by atoms with E-state index in [0.29, 0.717) is 6.61 Å². The highest BCUT2D eigenvalue weighted by molar-refractivity contribution is 7.19. The maximum atomic E-state index is 6.01. The number of thiophene rings is 1. The molecule has 120 valence electrons. The Morgan fingerprint density at radius 2 is 2.35 bits per heavy atom. The Morgan fingerprint density at radius 1 is 1.39 bits per heavy atom. The van der Waals surface area contributed by atoms with E-state index >= 15 is 0 Å². The number of H-pyrrole nitrogens is 2. The van der Waals surface area contributed by atoms with Gasteiger partial charge in [-0.15, -0.1) is 11.3 Å². The minimum absolute atomic E-state index is 0.0954. The molecule has 1 aliphatic rings. The van der Waals surface area contributed by atoms with Crippen molar-refractivity contribution < 1.29 is 4.74 Å². The van der Waals surface area contributed by atoms with Crippen LogP contribution in [0.15, 0.2) is 30.7 Å². The lowest BCUT2D eigenvalue weighted by molar-refractivity contribution is -0.0166. The molecular weight excluding hydrogens is 334 g/mol. The summed E-state index contributed by atoms with van der Waals surface area (Å²) in [6, 6.07) is 4.00. The Kier molecular flexibility index (Phi) is 4.17. The first kappa shape index (κ1) is 14.9. The van der Waals surface area contributed by atoms with Crippen molar-refractivity contribution in [3.63, 3.8) is 0 Å². The van der Waals surface area contributed by atoms with E-state index in [1.807, 2.05) is 24.5 Å². The molecule has 0 aliphatic carbocycles.